The van der Waals surface area contributed by atoms with Crippen LogP contribution in [0.25, 0.3) is 0 Å². The average Bonchev–Trinajstić information content (AvgIpc) is 2.49. The van der Waals surface area contributed by atoms with Gasteiger partial charge < -0.3 is 15.5 Å². The number of carbonyl (C=O) groups excluding carboxylic acids is 1. The second-order valence-corrected chi connectivity index (χ2v) is 5.19. The summed E-state index contributed by atoms with van der Waals surface area (Å²) in [5.41, 5.74) is 0.923. The number of likely N-dealkylation sites (N-methyl/N-ethyl adjacent to an activating group) is 1. The number of aliphatic imine (C=N–C) groups is 1. The molecular formula is C16H26FIN4O. The number of hydrogen-bond donors (Lipinski definition) is 2. The highest BCUT2D eigenvalue weighted by atomic mass is 127. The molecule has 0 heterocycles. The van der Waals surface area contributed by atoms with Gasteiger partial charge in [-0.15, -0.1) is 24.0 Å². The van der Waals surface area contributed by atoms with Crippen molar-refractivity contribution in [3.63, 3.8) is 0 Å². The van der Waals surface area contributed by atoms with Gasteiger partial charge in [0, 0.05) is 27.2 Å². The molecule has 0 radical (unpaired) electrons. The summed E-state index contributed by atoms with van der Waals surface area (Å²) >= 11 is 0. The molecule has 0 aliphatic carbocycles. The molecule has 0 aliphatic rings. The molecule has 1 amide bonds. The fourth-order valence-electron chi connectivity index (χ4n) is 1.72. The maximum Gasteiger partial charge on any atom is 0.243 e. The van der Waals surface area contributed by atoms with Gasteiger partial charge in [0.25, 0.3) is 0 Å². The summed E-state index contributed by atoms with van der Waals surface area (Å²) in [4.78, 5) is 17.3. The highest BCUT2D eigenvalue weighted by Crippen LogP contribution is 2.03. The first-order chi connectivity index (χ1) is 10.5. The van der Waals surface area contributed by atoms with Crippen LogP contribution in [0.4, 0.5) is 4.39 Å². The van der Waals surface area contributed by atoms with Crippen LogP contribution in [0.1, 0.15) is 18.9 Å². The number of nitrogens with one attached hydrogen (secondary N) is 2. The number of guanidine groups is 1. The van der Waals surface area contributed by atoms with Crippen LogP contribution in [0.15, 0.2) is 29.3 Å². The molecule has 0 atom stereocenters. The molecule has 0 aliphatic heterocycles. The number of carbonyl (C=O) groups is 1. The zero-order chi connectivity index (χ0) is 16.4. The van der Waals surface area contributed by atoms with Gasteiger partial charge in [0.15, 0.2) is 5.96 Å². The monoisotopic (exact) mass is 436 g/mol. The number of benzene rings is 1. The Kier molecular flexibility index (Phi) is 11.4. The largest absolute Gasteiger partial charge is 0.356 e. The Bertz CT molecular complexity index is 509. The fourth-order valence-corrected chi connectivity index (χ4v) is 1.72. The summed E-state index contributed by atoms with van der Waals surface area (Å²) in [5.74, 6) is 0.322. The van der Waals surface area contributed by atoms with Crippen LogP contribution in [0, 0.1) is 5.82 Å². The van der Waals surface area contributed by atoms with Gasteiger partial charge in [-0.05, 0) is 30.5 Å². The second-order valence-electron chi connectivity index (χ2n) is 5.19. The molecule has 0 saturated carbocycles. The molecule has 23 heavy (non-hydrogen) atoms. The van der Waals surface area contributed by atoms with E-state index in [0.717, 1.165) is 18.5 Å². The van der Waals surface area contributed by atoms with Crippen LogP contribution in [0.2, 0.25) is 0 Å². The van der Waals surface area contributed by atoms with E-state index in [1.165, 1.54) is 17.0 Å². The lowest BCUT2D eigenvalue weighted by Gasteiger charge is -2.13. The topological polar surface area (TPSA) is 56.7 Å². The van der Waals surface area contributed by atoms with E-state index in [1.54, 1.807) is 20.2 Å². The molecule has 0 fully saturated rings. The maximum absolute atomic E-state index is 13.1. The van der Waals surface area contributed by atoms with Crippen LogP contribution in [0.3, 0.4) is 0 Å². The van der Waals surface area contributed by atoms with Crippen molar-refractivity contribution in [1.82, 2.24) is 15.5 Å². The predicted molar refractivity (Wildman–Crippen MR) is 103 cm³/mol. The van der Waals surface area contributed by atoms with E-state index in [4.69, 9.17) is 0 Å². The van der Waals surface area contributed by atoms with Crippen molar-refractivity contribution in [3.8, 4) is 0 Å². The SMILES string of the molecule is CCCNC(=NCC(=O)N(C)C)NCCc1cccc(F)c1.I. The minimum absolute atomic E-state index is 0. The molecule has 1 aromatic rings. The Morgan fingerprint density at radius 3 is 2.57 bits per heavy atom. The molecule has 5 nitrogen and oxygen atoms in total. The summed E-state index contributed by atoms with van der Waals surface area (Å²) in [7, 11) is 3.41. The van der Waals surface area contributed by atoms with E-state index in [1.807, 2.05) is 6.07 Å². The Morgan fingerprint density at radius 1 is 1.26 bits per heavy atom. The van der Waals surface area contributed by atoms with Crippen molar-refractivity contribution in [2.24, 2.45) is 4.99 Å². The van der Waals surface area contributed by atoms with E-state index in [0.29, 0.717) is 18.9 Å². The molecule has 0 bridgehead atoms. The molecule has 7 heteroatoms. The molecule has 1 rings (SSSR count). The summed E-state index contributed by atoms with van der Waals surface area (Å²) in [5, 5.41) is 6.32. The second kappa shape index (κ2) is 12.1. The van der Waals surface area contributed by atoms with Gasteiger partial charge >= 0.3 is 0 Å². The first-order valence-electron chi connectivity index (χ1n) is 7.49. The van der Waals surface area contributed by atoms with Crippen molar-refractivity contribution < 1.29 is 9.18 Å². The van der Waals surface area contributed by atoms with Crippen molar-refractivity contribution >= 4 is 35.8 Å². The first kappa shape index (κ1) is 21.6. The molecule has 1 aromatic carbocycles. The van der Waals surface area contributed by atoms with Crippen molar-refractivity contribution in [2.75, 3.05) is 33.7 Å². The lowest BCUT2D eigenvalue weighted by atomic mass is 10.1. The van der Waals surface area contributed by atoms with E-state index < -0.39 is 0 Å². The molecule has 0 aromatic heterocycles. The molecule has 130 valence electrons. The highest BCUT2D eigenvalue weighted by molar-refractivity contribution is 14.0. The number of hydrogen-bond acceptors (Lipinski definition) is 2. The van der Waals surface area contributed by atoms with Gasteiger partial charge in [0.1, 0.15) is 12.4 Å². The molecular weight excluding hydrogens is 410 g/mol. The fraction of sp³-hybridized carbons (Fsp3) is 0.500. The normalized spacial score (nSPS) is 10.7. The average molecular weight is 436 g/mol. The zero-order valence-electron chi connectivity index (χ0n) is 13.9. The van der Waals surface area contributed by atoms with E-state index >= 15 is 0 Å². The first-order valence-corrected chi connectivity index (χ1v) is 7.49. The van der Waals surface area contributed by atoms with Gasteiger partial charge in [-0.3, -0.25) is 4.79 Å². The van der Waals surface area contributed by atoms with Gasteiger partial charge in [0.05, 0.1) is 0 Å². The minimum atomic E-state index is -0.230. The van der Waals surface area contributed by atoms with E-state index in [9.17, 15) is 9.18 Å². The van der Waals surface area contributed by atoms with Crippen LogP contribution in [0.5, 0.6) is 0 Å². The lowest BCUT2D eigenvalue weighted by Crippen LogP contribution is -2.39. The van der Waals surface area contributed by atoms with Gasteiger partial charge in [0.2, 0.25) is 5.91 Å². The quantitative estimate of drug-likeness (QED) is 0.391. The smallest absolute Gasteiger partial charge is 0.243 e. The number of halogens is 2. The number of rotatable bonds is 7. The standard InChI is InChI=1S/C16H25FN4O.HI/c1-4-9-18-16(20-12-15(22)21(2)3)19-10-8-13-6-5-7-14(17)11-13;/h5-7,11H,4,8-10,12H2,1-3H3,(H2,18,19,20);1H. The Hall–Kier alpha value is -1.38. The van der Waals surface area contributed by atoms with Crippen molar-refractivity contribution in [3.05, 3.63) is 35.6 Å². The molecule has 0 unspecified atom stereocenters. The lowest BCUT2D eigenvalue weighted by molar-refractivity contribution is -0.127. The van der Waals surface area contributed by atoms with Crippen LogP contribution in [-0.4, -0.2) is 50.5 Å². The molecule has 0 spiro atoms. The Balaban J connectivity index is 0.00000484. The third-order valence-corrected chi connectivity index (χ3v) is 3.01. The van der Waals surface area contributed by atoms with Crippen LogP contribution < -0.4 is 10.6 Å². The van der Waals surface area contributed by atoms with Crippen molar-refractivity contribution in [1.29, 1.82) is 0 Å². The maximum atomic E-state index is 13.1. The van der Waals surface area contributed by atoms with Crippen LogP contribution in [-0.2, 0) is 11.2 Å². The minimum Gasteiger partial charge on any atom is -0.356 e. The summed E-state index contributed by atoms with van der Waals surface area (Å²) in [6.45, 7) is 3.56. The summed E-state index contributed by atoms with van der Waals surface area (Å²) < 4.78 is 13.1. The summed E-state index contributed by atoms with van der Waals surface area (Å²) in [6.07, 6.45) is 1.65. The molecule has 2 N–H and O–H groups in total. The van der Waals surface area contributed by atoms with E-state index in [-0.39, 0.29) is 42.2 Å². The predicted octanol–water partition coefficient (Wildman–Crippen LogP) is 2.02. The zero-order valence-corrected chi connectivity index (χ0v) is 16.3. The third kappa shape index (κ3) is 9.37. The number of amides is 1. The van der Waals surface area contributed by atoms with Gasteiger partial charge in [-0.2, -0.15) is 0 Å². The van der Waals surface area contributed by atoms with Gasteiger partial charge in [-0.25, -0.2) is 9.38 Å². The van der Waals surface area contributed by atoms with Crippen molar-refractivity contribution in [2.45, 2.75) is 19.8 Å². The summed E-state index contributed by atoms with van der Waals surface area (Å²) in [6, 6.07) is 6.54. The Morgan fingerprint density at radius 2 is 1.96 bits per heavy atom. The van der Waals surface area contributed by atoms with E-state index in [2.05, 4.69) is 22.5 Å². The van der Waals surface area contributed by atoms with Gasteiger partial charge in [-0.1, -0.05) is 19.1 Å². The Labute approximate surface area is 154 Å². The highest BCUT2D eigenvalue weighted by Gasteiger charge is 2.04. The van der Waals surface area contributed by atoms with Crippen LogP contribution >= 0.6 is 24.0 Å². The number of nitrogens with zero attached hydrogens (tertiary/aromatic N) is 2. The third-order valence-electron chi connectivity index (χ3n) is 3.01. The molecule has 0 saturated heterocycles.